The van der Waals surface area contributed by atoms with Gasteiger partial charge < -0.3 is 15.0 Å². The lowest BCUT2D eigenvalue weighted by Crippen LogP contribution is -2.22. The van der Waals surface area contributed by atoms with Gasteiger partial charge in [0.2, 0.25) is 0 Å². The second-order valence-electron chi connectivity index (χ2n) is 6.42. The summed E-state index contributed by atoms with van der Waals surface area (Å²) in [7, 11) is 4.00. The largest absolute Gasteiger partial charge is 0.489 e. The molecule has 0 fully saturated rings. The van der Waals surface area contributed by atoms with Crippen molar-refractivity contribution in [3.05, 3.63) is 89.7 Å². The van der Waals surface area contributed by atoms with Crippen molar-refractivity contribution < 1.29 is 9.53 Å². The molecule has 0 radical (unpaired) electrons. The summed E-state index contributed by atoms with van der Waals surface area (Å²) in [6.45, 7) is 0.939. The molecule has 1 heterocycles. The van der Waals surface area contributed by atoms with Crippen LogP contribution in [0.15, 0.2) is 73.1 Å². The summed E-state index contributed by atoms with van der Waals surface area (Å²) in [5, 5.41) is 2.94. The molecule has 0 aliphatic rings. The Morgan fingerprint density at radius 2 is 1.74 bits per heavy atom. The molecule has 1 N–H and O–H groups in total. The van der Waals surface area contributed by atoms with E-state index in [1.165, 1.54) is 0 Å². The van der Waals surface area contributed by atoms with Gasteiger partial charge in [0, 0.05) is 49.8 Å². The van der Waals surface area contributed by atoms with Gasteiger partial charge in [-0.05, 0) is 48.0 Å². The molecule has 3 aromatic rings. The monoisotopic (exact) mass is 361 g/mol. The number of benzene rings is 2. The summed E-state index contributed by atoms with van der Waals surface area (Å²) in [4.78, 5) is 18.4. The SMILES string of the molecule is CN(C)c1ccc(CNC(=O)c2ccc(OCc3cccnc3)cc2)cc1. The first-order chi connectivity index (χ1) is 13.1. The summed E-state index contributed by atoms with van der Waals surface area (Å²) in [6, 6.07) is 19.1. The molecular weight excluding hydrogens is 338 g/mol. The van der Waals surface area contributed by atoms with Crippen molar-refractivity contribution in [3.8, 4) is 5.75 Å². The Kier molecular flexibility index (Phi) is 6.05. The molecule has 27 heavy (non-hydrogen) atoms. The molecule has 0 saturated heterocycles. The number of pyridine rings is 1. The zero-order valence-corrected chi connectivity index (χ0v) is 15.6. The molecule has 0 aliphatic heterocycles. The highest BCUT2D eigenvalue weighted by Crippen LogP contribution is 2.15. The lowest BCUT2D eigenvalue weighted by molar-refractivity contribution is 0.0951. The molecule has 3 rings (SSSR count). The van der Waals surface area contributed by atoms with Crippen LogP contribution >= 0.6 is 0 Å². The fourth-order valence-corrected chi connectivity index (χ4v) is 2.55. The van der Waals surface area contributed by atoms with Crippen molar-refractivity contribution >= 4 is 11.6 Å². The topological polar surface area (TPSA) is 54.5 Å². The molecule has 0 atom stereocenters. The number of carbonyl (C=O) groups excluding carboxylic acids is 1. The first-order valence-corrected chi connectivity index (χ1v) is 8.78. The van der Waals surface area contributed by atoms with Gasteiger partial charge in [-0.1, -0.05) is 18.2 Å². The minimum Gasteiger partial charge on any atom is -0.489 e. The van der Waals surface area contributed by atoms with Gasteiger partial charge in [0.15, 0.2) is 0 Å². The smallest absolute Gasteiger partial charge is 0.251 e. The van der Waals surface area contributed by atoms with Crippen molar-refractivity contribution in [3.63, 3.8) is 0 Å². The van der Waals surface area contributed by atoms with Crippen molar-refractivity contribution in [2.24, 2.45) is 0 Å². The third-order valence-electron chi connectivity index (χ3n) is 4.15. The quantitative estimate of drug-likeness (QED) is 0.698. The van der Waals surface area contributed by atoms with Crippen LogP contribution in [0.25, 0.3) is 0 Å². The minimum absolute atomic E-state index is 0.106. The Hall–Kier alpha value is -3.34. The number of anilines is 1. The molecule has 5 nitrogen and oxygen atoms in total. The summed E-state index contributed by atoms with van der Waals surface area (Å²) in [5.41, 5.74) is 3.80. The van der Waals surface area contributed by atoms with Crippen LogP contribution in [0.3, 0.4) is 0 Å². The normalized spacial score (nSPS) is 10.3. The Balaban J connectivity index is 1.51. The molecule has 0 saturated carbocycles. The van der Waals surface area contributed by atoms with E-state index in [1.54, 1.807) is 36.7 Å². The van der Waals surface area contributed by atoms with E-state index in [-0.39, 0.29) is 5.91 Å². The molecule has 0 aliphatic carbocycles. The Labute approximate surface area is 159 Å². The van der Waals surface area contributed by atoms with Crippen LogP contribution in [-0.2, 0) is 13.2 Å². The summed E-state index contributed by atoms with van der Waals surface area (Å²) < 4.78 is 5.71. The van der Waals surface area contributed by atoms with Crippen LogP contribution in [0.1, 0.15) is 21.5 Å². The van der Waals surface area contributed by atoms with Crippen LogP contribution in [0.4, 0.5) is 5.69 Å². The predicted octanol–water partition coefficient (Wildman–Crippen LogP) is 3.66. The summed E-state index contributed by atoms with van der Waals surface area (Å²) in [5.74, 6) is 0.611. The van der Waals surface area contributed by atoms with Crippen molar-refractivity contribution in [1.29, 1.82) is 0 Å². The maximum atomic E-state index is 12.3. The van der Waals surface area contributed by atoms with E-state index in [2.05, 4.69) is 10.3 Å². The molecule has 0 bridgehead atoms. The van der Waals surface area contributed by atoms with Crippen LogP contribution in [0.5, 0.6) is 5.75 Å². The van der Waals surface area contributed by atoms with E-state index < -0.39 is 0 Å². The van der Waals surface area contributed by atoms with Gasteiger partial charge in [0.1, 0.15) is 12.4 Å². The standard InChI is InChI=1S/C22H23N3O2/c1-25(2)20-9-5-17(6-10-20)15-24-22(26)19-7-11-21(12-8-19)27-16-18-4-3-13-23-14-18/h3-14H,15-16H2,1-2H3,(H,24,26). The summed E-state index contributed by atoms with van der Waals surface area (Å²) >= 11 is 0. The third kappa shape index (κ3) is 5.31. The van der Waals surface area contributed by atoms with Gasteiger partial charge in [0.25, 0.3) is 5.91 Å². The third-order valence-corrected chi connectivity index (χ3v) is 4.15. The molecule has 1 amide bonds. The van der Waals surface area contributed by atoms with Gasteiger partial charge in [-0.15, -0.1) is 0 Å². The zero-order valence-electron chi connectivity index (χ0n) is 15.6. The number of hydrogen-bond acceptors (Lipinski definition) is 4. The average molecular weight is 361 g/mol. The molecule has 0 unspecified atom stereocenters. The maximum absolute atomic E-state index is 12.3. The fraction of sp³-hybridized carbons (Fsp3) is 0.182. The van der Waals surface area contributed by atoms with Gasteiger partial charge >= 0.3 is 0 Å². The second-order valence-corrected chi connectivity index (χ2v) is 6.42. The number of hydrogen-bond donors (Lipinski definition) is 1. The van der Waals surface area contributed by atoms with Gasteiger partial charge in [-0.3, -0.25) is 9.78 Å². The molecule has 0 spiro atoms. The van der Waals surface area contributed by atoms with Gasteiger partial charge in [-0.2, -0.15) is 0 Å². The van der Waals surface area contributed by atoms with E-state index in [0.717, 1.165) is 22.6 Å². The number of carbonyl (C=O) groups is 1. The highest BCUT2D eigenvalue weighted by molar-refractivity contribution is 5.94. The van der Waals surface area contributed by atoms with Crippen molar-refractivity contribution in [2.45, 2.75) is 13.2 Å². The van der Waals surface area contributed by atoms with Crippen LogP contribution in [0.2, 0.25) is 0 Å². The lowest BCUT2D eigenvalue weighted by Gasteiger charge is -2.13. The molecule has 5 heteroatoms. The first-order valence-electron chi connectivity index (χ1n) is 8.78. The van der Waals surface area contributed by atoms with E-state index >= 15 is 0 Å². The lowest BCUT2D eigenvalue weighted by atomic mass is 10.1. The van der Waals surface area contributed by atoms with E-state index in [4.69, 9.17) is 4.74 Å². The average Bonchev–Trinajstić information content (AvgIpc) is 2.72. The molecule has 2 aromatic carbocycles. The van der Waals surface area contributed by atoms with Crippen molar-refractivity contribution in [1.82, 2.24) is 10.3 Å². The van der Waals surface area contributed by atoms with E-state index in [0.29, 0.717) is 18.7 Å². The maximum Gasteiger partial charge on any atom is 0.251 e. The number of ether oxygens (including phenoxy) is 1. The zero-order chi connectivity index (χ0) is 19.1. The Morgan fingerprint density at radius 1 is 1.00 bits per heavy atom. The number of amides is 1. The highest BCUT2D eigenvalue weighted by atomic mass is 16.5. The highest BCUT2D eigenvalue weighted by Gasteiger charge is 2.06. The first kappa shape index (κ1) is 18.5. The number of aromatic nitrogens is 1. The molecule has 138 valence electrons. The van der Waals surface area contributed by atoms with Crippen LogP contribution < -0.4 is 15.0 Å². The van der Waals surface area contributed by atoms with Gasteiger partial charge in [0.05, 0.1) is 0 Å². The Morgan fingerprint density at radius 3 is 2.37 bits per heavy atom. The van der Waals surface area contributed by atoms with E-state index in [9.17, 15) is 4.79 Å². The Bertz CT molecular complexity index is 860. The predicted molar refractivity (Wildman–Crippen MR) is 107 cm³/mol. The number of nitrogens with one attached hydrogen (secondary N) is 1. The fourth-order valence-electron chi connectivity index (χ4n) is 2.55. The molecule has 1 aromatic heterocycles. The van der Waals surface area contributed by atoms with Crippen molar-refractivity contribution in [2.75, 3.05) is 19.0 Å². The number of nitrogens with zero attached hydrogens (tertiary/aromatic N) is 2. The summed E-state index contributed by atoms with van der Waals surface area (Å²) in [6.07, 6.45) is 3.50. The van der Waals surface area contributed by atoms with E-state index in [1.807, 2.05) is 55.4 Å². The molecular formula is C22H23N3O2. The minimum atomic E-state index is -0.106. The van der Waals surface area contributed by atoms with Crippen LogP contribution in [-0.4, -0.2) is 25.0 Å². The number of rotatable bonds is 7. The second kappa shape index (κ2) is 8.85. The van der Waals surface area contributed by atoms with Gasteiger partial charge in [-0.25, -0.2) is 0 Å². The van der Waals surface area contributed by atoms with Crippen LogP contribution in [0, 0.1) is 0 Å².